The summed E-state index contributed by atoms with van der Waals surface area (Å²) < 4.78 is 1.82. The number of hydrogen-bond acceptors (Lipinski definition) is 4. The van der Waals surface area contributed by atoms with E-state index in [1.165, 1.54) is 11.6 Å². The number of benzene rings is 2. The third-order valence-corrected chi connectivity index (χ3v) is 4.35. The highest BCUT2D eigenvalue weighted by molar-refractivity contribution is 14.0. The minimum atomic E-state index is -0.377. The van der Waals surface area contributed by atoms with Crippen molar-refractivity contribution in [3.63, 3.8) is 0 Å². The summed E-state index contributed by atoms with van der Waals surface area (Å²) in [6, 6.07) is 16.8. The predicted molar refractivity (Wildman–Crippen MR) is 129 cm³/mol. The number of aromatic nitrogens is 2. The zero-order valence-corrected chi connectivity index (χ0v) is 19.0. The van der Waals surface area contributed by atoms with Crippen LogP contribution < -0.4 is 10.6 Å². The molecule has 0 unspecified atom stereocenters. The molecule has 0 bridgehead atoms. The summed E-state index contributed by atoms with van der Waals surface area (Å²) in [5, 5.41) is 21.8. The summed E-state index contributed by atoms with van der Waals surface area (Å²) in [6.45, 7) is 3.63. The van der Waals surface area contributed by atoms with E-state index in [9.17, 15) is 10.1 Å². The van der Waals surface area contributed by atoms with Gasteiger partial charge in [0, 0.05) is 31.5 Å². The van der Waals surface area contributed by atoms with Gasteiger partial charge < -0.3 is 10.6 Å². The van der Waals surface area contributed by atoms with Crippen molar-refractivity contribution in [1.29, 1.82) is 0 Å². The van der Waals surface area contributed by atoms with Crippen LogP contribution in [0.3, 0.4) is 0 Å². The van der Waals surface area contributed by atoms with Gasteiger partial charge in [-0.3, -0.25) is 10.1 Å². The Morgan fingerprint density at radius 1 is 1.13 bits per heavy atom. The maximum absolute atomic E-state index is 11.1. The molecule has 1 aromatic heterocycles. The molecule has 30 heavy (non-hydrogen) atoms. The molecule has 0 saturated carbocycles. The smallest absolute Gasteiger partial charge is 0.274 e. The summed E-state index contributed by atoms with van der Waals surface area (Å²) in [7, 11) is 0. The van der Waals surface area contributed by atoms with Crippen molar-refractivity contribution in [2.75, 3.05) is 13.1 Å². The van der Waals surface area contributed by atoms with E-state index in [0.717, 1.165) is 12.1 Å². The van der Waals surface area contributed by atoms with Crippen LogP contribution in [0.5, 0.6) is 0 Å². The molecule has 1 heterocycles. The van der Waals surface area contributed by atoms with Gasteiger partial charge in [-0.05, 0) is 37.1 Å². The summed E-state index contributed by atoms with van der Waals surface area (Å²) in [4.78, 5) is 15.2. The SMILES string of the molecule is CCNC(=NCc1ccccc1[N+](=O)[O-])NCCc1ccc(-n2cccn2)cc1.I. The van der Waals surface area contributed by atoms with E-state index in [4.69, 9.17) is 0 Å². The molecule has 0 aliphatic carbocycles. The first kappa shape index (κ1) is 23.3. The van der Waals surface area contributed by atoms with Crippen LogP contribution in [0.1, 0.15) is 18.1 Å². The Morgan fingerprint density at radius 2 is 1.90 bits per heavy atom. The van der Waals surface area contributed by atoms with E-state index < -0.39 is 0 Å². The van der Waals surface area contributed by atoms with Crippen LogP contribution in [-0.4, -0.2) is 33.8 Å². The van der Waals surface area contributed by atoms with Gasteiger partial charge in [0.2, 0.25) is 0 Å². The lowest BCUT2D eigenvalue weighted by Crippen LogP contribution is -2.38. The normalized spacial score (nSPS) is 10.9. The van der Waals surface area contributed by atoms with Crippen LogP contribution in [-0.2, 0) is 13.0 Å². The number of halogens is 1. The summed E-state index contributed by atoms with van der Waals surface area (Å²) in [5.74, 6) is 0.638. The number of nitro groups is 1. The first-order valence-electron chi connectivity index (χ1n) is 9.51. The van der Waals surface area contributed by atoms with Crippen molar-refractivity contribution >= 4 is 35.6 Å². The van der Waals surface area contributed by atoms with Gasteiger partial charge in [0.1, 0.15) is 0 Å². The molecule has 0 aliphatic rings. The second kappa shape index (κ2) is 11.9. The fourth-order valence-corrected chi connectivity index (χ4v) is 2.89. The quantitative estimate of drug-likeness (QED) is 0.155. The molecule has 2 N–H and O–H groups in total. The predicted octanol–water partition coefficient (Wildman–Crippen LogP) is 3.70. The van der Waals surface area contributed by atoms with Crippen LogP contribution in [0.15, 0.2) is 72.0 Å². The van der Waals surface area contributed by atoms with Crippen LogP contribution in [0.25, 0.3) is 5.69 Å². The maximum Gasteiger partial charge on any atom is 0.274 e. The summed E-state index contributed by atoms with van der Waals surface area (Å²) >= 11 is 0. The largest absolute Gasteiger partial charge is 0.357 e. The number of nitro benzene ring substituents is 1. The van der Waals surface area contributed by atoms with Gasteiger partial charge in [0.05, 0.1) is 22.7 Å². The van der Waals surface area contributed by atoms with Crippen LogP contribution in [0.4, 0.5) is 5.69 Å². The second-order valence-electron chi connectivity index (χ2n) is 6.37. The van der Waals surface area contributed by atoms with Gasteiger partial charge >= 0.3 is 0 Å². The highest BCUT2D eigenvalue weighted by Gasteiger charge is 2.11. The Labute approximate surface area is 192 Å². The summed E-state index contributed by atoms with van der Waals surface area (Å²) in [5.41, 5.74) is 2.89. The van der Waals surface area contributed by atoms with E-state index in [1.54, 1.807) is 24.4 Å². The molecule has 0 radical (unpaired) electrons. The number of para-hydroxylation sites is 1. The zero-order valence-electron chi connectivity index (χ0n) is 16.7. The van der Waals surface area contributed by atoms with Crippen molar-refractivity contribution in [3.05, 3.63) is 88.2 Å². The van der Waals surface area contributed by atoms with E-state index in [2.05, 4.69) is 32.9 Å². The van der Waals surface area contributed by atoms with Crippen LogP contribution in [0.2, 0.25) is 0 Å². The van der Waals surface area contributed by atoms with E-state index >= 15 is 0 Å². The number of guanidine groups is 1. The Balaban J connectivity index is 0.00000320. The Hall–Kier alpha value is -2.95. The van der Waals surface area contributed by atoms with E-state index in [-0.39, 0.29) is 41.1 Å². The maximum atomic E-state index is 11.1. The molecule has 0 saturated heterocycles. The fourth-order valence-electron chi connectivity index (χ4n) is 2.89. The topological polar surface area (TPSA) is 97.4 Å². The third-order valence-electron chi connectivity index (χ3n) is 4.35. The summed E-state index contributed by atoms with van der Waals surface area (Å²) in [6.07, 6.45) is 4.49. The highest BCUT2D eigenvalue weighted by Crippen LogP contribution is 2.18. The van der Waals surface area contributed by atoms with Gasteiger partial charge in [-0.1, -0.05) is 30.3 Å². The number of nitrogens with zero attached hydrogens (tertiary/aromatic N) is 4. The van der Waals surface area contributed by atoms with Gasteiger partial charge in [-0.25, -0.2) is 9.67 Å². The number of rotatable bonds is 8. The molecule has 3 aromatic rings. The van der Waals surface area contributed by atoms with Crippen LogP contribution >= 0.6 is 24.0 Å². The molecular formula is C21H25IN6O2. The molecule has 158 valence electrons. The minimum absolute atomic E-state index is 0. The molecule has 0 spiro atoms. The van der Waals surface area contributed by atoms with Crippen molar-refractivity contribution < 1.29 is 4.92 Å². The van der Waals surface area contributed by atoms with Gasteiger partial charge in [0.15, 0.2) is 5.96 Å². The molecule has 0 fully saturated rings. The molecule has 9 heteroatoms. The fraction of sp³-hybridized carbons (Fsp3) is 0.238. The lowest BCUT2D eigenvalue weighted by atomic mass is 10.1. The zero-order chi connectivity index (χ0) is 20.5. The number of hydrogen-bond donors (Lipinski definition) is 2. The molecule has 0 amide bonds. The second-order valence-corrected chi connectivity index (χ2v) is 6.37. The van der Waals surface area contributed by atoms with Crippen molar-refractivity contribution in [1.82, 2.24) is 20.4 Å². The Kier molecular flexibility index (Phi) is 9.26. The lowest BCUT2D eigenvalue weighted by molar-refractivity contribution is -0.385. The molecule has 8 nitrogen and oxygen atoms in total. The standard InChI is InChI=1S/C21H24N6O2.HI/c1-2-22-21(24-16-18-6-3-4-7-20(18)27(28)29)23-14-12-17-8-10-19(11-9-17)26-15-5-13-25-26;/h3-11,13,15H,2,12,14,16H2,1H3,(H2,22,23,24);1H. The minimum Gasteiger partial charge on any atom is -0.357 e. The Morgan fingerprint density at radius 3 is 2.57 bits per heavy atom. The first-order valence-corrected chi connectivity index (χ1v) is 9.51. The van der Waals surface area contributed by atoms with Crippen molar-refractivity contribution in [2.45, 2.75) is 19.9 Å². The highest BCUT2D eigenvalue weighted by atomic mass is 127. The van der Waals surface area contributed by atoms with E-state index in [1.807, 2.05) is 36.0 Å². The number of aliphatic imine (C=N–C) groups is 1. The number of nitrogens with one attached hydrogen (secondary N) is 2. The molecule has 2 aromatic carbocycles. The lowest BCUT2D eigenvalue weighted by Gasteiger charge is -2.11. The monoisotopic (exact) mass is 520 g/mol. The first-order chi connectivity index (χ1) is 14.2. The average molecular weight is 520 g/mol. The van der Waals surface area contributed by atoms with Gasteiger partial charge in [-0.15, -0.1) is 24.0 Å². The van der Waals surface area contributed by atoms with E-state index in [0.29, 0.717) is 24.6 Å². The van der Waals surface area contributed by atoms with Gasteiger partial charge in [0.25, 0.3) is 5.69 Å². The third kappa shape index (κ3) is 6.55. The molecule has 0 atom stereocenters. The van der Waals surface area contributed by atoms with Crippen molar-refractivity contribution in [3.8, 4) is 5.69 Å². The molecular weight excluding hydrogens is 495 g/mol. The average Bonchev–Trinajstić information content (AvgIpc) is 3.27. The Bertz CT molecular complexity index is 958. The van der Waals surface area contributed by atoms with Crippen molar-refractivity contribution in [2.24, 2.45) is 4.99 Å². The van der Waals surface area contributed by atoms with Crippen LogP contribution in [0, 0.1) is 10.1 Å². The molecule has 3 rings (SSSR count). The molecule has 0 aliphatic heterocycles. The van der Waals surface area contributed by atoms with Gasteiger partial charge in [-0.2, -0.15) is 5.10 Å².